The van der Waals surface area contributed by atoms with E-state index >= 15 is 0 Å². The summed E-state index contributed by atoms with van der Waals surface area (Å²) in [6, 6.07) is 2.75. The van der Waals surface area contributed by atoms with E-state index in [0.717, 1.165) is 0 Å². The zero-order chi connectivity index (χ0) is 14.5. The Kier molecular flexibility index (Phi) is 4.36. The van der Waals surface area contributed by atoms with Gasteiger partial charge in [-0.1, -0.05) is 0 Å². The Labute approximate surface area is 118 Å². The molecule has 7 nitrogen and oxygen atoms in total. The third-order valence-corrected chi connectivity index (χ3v) is 3.49. The fourth-order valence-electron chi connectivity index (χ4n) is 1.47. The van der Waals surface area contributed by atoms with Crippen molar-refractivity contribution < 1.29 is 19.1 Å². The summed E-state index contributed by atoms with van der Waals surface area (Å²) in [6.07, 6.45) is 1.53. The van der Waals surface area contributed by atoms with Gasteiger partial charge in [0, 0.05) is 5.38 Å². The molecule has 0 aliphatic heterocycles. The van der Waals surface area contributed by atoms with Crippen molar-refractivity contribution in [1.29, 1.82) is 0 Å². The van der Waals surface area contributed by atoms with Crippen molar-refractivity contribution in [3.63, 3.8) is 0 Å². The van der Waals surface area contributed by atoms with Crippen molar-refractivity contribution in [2.24, 2.45) is 0 Å². The molecule has 2 aromatic heterocycles. The number of urea groups is 1. The van der Waals surface area contributed by atoms with E-state index in [1.54, 1.807) is 19.1 Å². The normalized spacial score (nSPS) is 11.8. The Balaban J connectivity index is 1.85. The number of furan rings is 1. The summed E-state index contributed by atoms with van der Waals surface area (Å²) in [5, 5.41) is 16.1. The van der Waals surface area contributed by atoms with Crippen molar-refractivity contribution in [3.8, 4) is 0 Å². The summed E-state index contributed by atoms with van der Waals surface area (Å²) in [6.45, 7) is 2.01. The predicted molar refractivity (Wildman–Crippen MR) is 71.6 cm³/mol. The molecule has 0 radical (unpaired) electrons. The van der Waals surface area contributed by atoms with E-state index in [1.165, 1.54) is 23.0 Å². The van der Waals surface area contributed by atoms with Crippen LogP contribution in [0.3, 0.4) is 0 Å². The number of carbonyl (C=O) groups excluding carboxylic acids is 1. The minimum Gasteiger partial charge on any atom is -0.476 e. The third kappa shape index (κ3) is 3.58. The molecule has 8 heteroatoms. The maximum atomic E-state index is 11.7. The Morgan fingerprint density at radius 1 is 1.55 bits per heavy atom. The first-order valence-electron chi connectivity index (χ1n) is 5.81. The van der Waals surface area contributed by atoms with Gasteiger partial charge in [0.25, 0.3) is 0 Å². The molecule has 0 fully saturated rings. The lowest BCUT2D eigenvalue weighted by Gasteiger charge is -2.11. The molecule has 0 saturated carbocycles. The number of nitrogens with one attached hydrogen (secondary N) is 2. The minimum atomic E-state index is -1.08. The summed E-state index contributed by atoms with van der Waals surface area (Å²) in [5.41, 5.74) is -0.0188. The van der Waals surface area contributed by atoms with Gasteiger partial charge in [0.2, 0.25) is 0 Å². The predicted octanol–water partition coefficient (Wildman–Crippen LogP) is 1.99. The number of amides is 2. The van der Waals surface area contributed by atoms with Crippen LogP contribution in [0.5, 0.6) is 0 Å². The number of aromatic nitrogens is 1. The van der Waals surface area contributed by atoms with Crippen LogP contribution in [0.15, 0.2) is 28.2 Å². The first kappa shape index (κ1) is 14.1. The second-order valence-corrected chi connectivity index (χ2v) is 4.89. The van der Waals surface area contributed by atoms with E-state index in [-0.39, 0.29) is 24.3 Å². The maximum absolute atomic E-state index is 11.7. The van der Waals surface area contributed by atoms with Gasteiger partial charge in [-0.2, -0.15) is 0 Å². The van der Waals surface area contributed by atoms with Gasteiger partial charge in [0.05, 0.1) is 18.8 Å². The number of hydrogen-bond acceptors (Lipinski definition) is 5. The summed E-state index contributed by atoms with van der Waals surface area (Å²) in [4.78, 5) is 26.3. The average Bonchev–Trinajstić information content (AvgIpc) is 3.07. The highest BCUT2D eigenvalue weighted by Crippen LogP contribution is 2.17. The van der Waals surface area contributed by atoms with Crippen LogP contribution >= 0.6 is 11.3 Å². The molecule has 1 unspecified atom stereocenters. The average molecular weight is 295 g/mol. The molecular formula is C12H13N3O4S. The fraction of sp³-hybridized carbons (Fsp3) is 0.250. The Morgan fingerprint density at radius 2 is 2.35 bits per heavy atom. The summed E-state index contributed by atoms with van der Waals surface area (Å²) in [5.74, 6) is -0.433. The van der Waals surface area contributed by atoms with E-state index in [0.29, 0.717) is 10.8 Å². The van der Waals surface area contributed by atoms with Gasteiger partial charge in [-0.3, -0.25) is 0 Å². The second-order valence-electron chi connectivity index (χ2n) is 4.00. The van der Waals surface area contributed by atoms with Crippen LogP contribution in [-0.4, -0.2) is 22.1 Å². The van der Waals surface area contributed by atoms with Gasteiger partial charge in [0.1, 0.15) is 10.8 Å². The lowest BCUT2D eigenvalue weighted by Crippen LogP contribution is -2.36. The molecule has 0 aromatic carbocycles. The molecule has 0 saturated heterocycles. The molecular weight excluding hydrogens is 282 g/mol. The van der Waals surface area contributed by atoms with Crippen molar-refractivity contribution >= 4 is 23.3 Å². The quantitative estimate of drug-likeness (QED) is 0.782. The number of carboxylic acid groups (broad SMARTS) is 1. The molecule has 20 heavy (non-hydrogen) atoms. The highest BCUT2D eigenvalue weighted by molar-refractivity contribution is 7.09. The van der Waals surface area contributed by atoms with Gasteiger partial charge in [-0.15, -0.1) is 11.3 Å². The molecule has 0 aliphatic rings. The van der Waals surface area contributed by atoms with E-state index in [9.17, 15) is 9.59 Å². The van der Waals surface area contributed by atoms with Crippen molar-refractivity contribution in [1.82, 2.24) is 15.6 Å². The van der Waals surface area contributed by atoms with Gasteiger partial charge in [-0.05, 0) is 19.1 Å². The topological polar surface area (TPSA) is 104 Å². The summed E-state index contributed by atoms with van der Waals surface area (Å²) >= 11 is 1.19. The maximum Gasteiger partial charge on any atom is 0.355 e. The SMILES string of the molecule is CC(NC(=O)NCc1ccco1)c1nc(C(=O)O)cs1. The van der Waals surface area contributed by atoms with Gasteiger partial charge in [-0.25, -0.2) is 14.6 Å². The highest BCUT2D eigenvalue weighted by Gasteiger charge is 2.15. The van der Waals surface area contributed by atoms with E-state index in [4.69, 9.17) is 9.52 Å². The minimum absolute atomic E-state index is 0.0188. The number of thiazole rings is 1. The molecule has 3 N–H and O–H groups in total. The van der Waals surface area contributed by atoms with Crippen LogP contribution in [0.4, 0.5) is 4.79 Å². The van der Waals surface area contributed by atoms with E-state index < -0.39 is 5.97 Å². The van der Waals surface area contributed by atoms with Crippen molar-refractivity contribution in [2.75, 3.05) is 0 Å². The number of carboxylic acids is 1. The number of carbonyl (C=O) groups is 2. The van der Waals surface area contributed by atoms with Gasteiger partial charge < -0.3 is 20.2 Å². The molecule has 0 aliphatic carbocycles. The summed E-state index contributed by atoms with van der Waals surface area (Å²) < 4.78 is 5.09. The second kappa shape index (κ2) is 6.20. The van der Waals surface area contributed by atoms with Crippen LogP contribution < -0.4 is 10.6 Å². The Hall–Kier alpha value is -2.35. The van der Waals surface area contributed by atoms with Crippen LogP contribution in [0.2, 0.25) is 0 Å². The zero-order valence-corrected chi connectivity index (χ0v) is 11.4. The monoisotopic (exact) mass is 295 g/mol. The number of nitrogens with zero attached hydrogens (tertiary/aromatic N) is 1. The van der Waals surface area contributed by atoms with Crippen LogP contribution in [-0.2, 0) is 6.54 Å². The fourth-order valence-corrected chi connectivity index (χ4v) is 2.27. The molecule has 106 valence electrons. The molecule has 1 atom stereocenters. The molecule has 2 rings (SSSR count). The van der Waals surface area contributed by atoms with E-state index in [1.807, 2.05) is 0 Å². The van der Waals surface area contributed by atoms with Crippen LogP contribution in [0.1, 0.15) is 34.2 Å². The molecule has 2 amide bonds. The Morgan fingerprint density at radius 3 is 2.95 bits per heavy atom. The first-order valence-corrected chi connectivity index (χ1v) is 6.69. The Bertz CT molecular complexity index is 594. The summed E-state index contributed by atoms with van der Waals surface area (Å²) in [7, 11) is 0. The molecule has 2 heterocycles. The van der Waals surface area contributed by atoms with Crippen LogP contribution in [0.25, 0.3) is 0 Å². The molecule has 0 bridgehead atoms. The largest absolute Gasteiger partial charge is 0.476 e. The molecule has 2 aromatic rings. The highest BCUT2D eigenvalue weighted by atomic mass is 32.1. The standard InChI is InChI=1S/C12H13N3O4S/c1-7(10-15-9(6-20-10)11(16)17)14-12(18)13-5-8-3-2-4-19-8/h2-4,6-7H,5H2,1H3,(H,16,17)(H2,13,14,18). The van der Waals surface area contributed by atoms with Gasteiger partial charge in [0.15, 0.2) is 5.69 Å². The van der Waals surface area contributed by atoms with Crippen LogP contribution in [0, 0.1) is 0 Å². The number of rotatable bonds is 5. The lowest BCUT2D eigenvalue weighted by atomic mass is 10.3. The van der Waals surface area contributed by atoms with Crippen molar-refractivity contribution in [2.45, 2.75) is 19.5 Å². The van der Waals surface area contributed by atoms with Crippen molar-refractivity contribution in [3.05, 3.63) is 40.2 Å². The lowest BCUT2D eigenvalue weighted by molar-refractivity contribution is 0.0691. The third-order valence-electron chi connectivity index (χ3n) is 2.46. The van der Waals surface area contributed by atoms with Gasteiger partial charge >= 0.3 is 12.0 Å². The number of aromatic carboxylic acids is 1. The number of hydrogen-bond donors (Lipinski definition) is 3. The zero-order valence-electron chi connectivity index (χ0n) is 10.6. The smallest absolute Gasteiger partial charge is 0.355 e. The first-order chi connectivity index (χ1) is 9.56. The van der Waals surface area contributed by atoms with E-state index in [2.05, 4.69) is 15.6 Å². The molecule has 0 spiro atoms.